The Hall–Kier alpha value is -1.89. The molecule has 0 bridgehead atoms. The highest BCUT2D eigenvalue weighted by molar-refractivity contribution is 5.32. The third-order valence-electron chi connectivity index (χ3n) is 2.62. The number of aliphatic hydroxyl groups is 1. The van der Waals surface area contributed by atoms with Crippen molar-refractivity contribution in [2.75, 3.05) is 0 Å². The molecule has 3 nitrogen and oxygen atoms in total. The maximum Gasteiger partial charge on any atom is 0.419 e. The summed E-state index contributed by atoms with van der Waals surface area (Å²) in [6.45, 7) is 0. The van der Waals surface area contributed by atoms with Gasteiger partial charge in [-0.25, -0.2) is 9.37 Å². The molecule has 1 aromatic heterocycles. The van der Waals surface area contributed by atoms with Gasteiger partial charge in [0.05, 0.1) is 17.6 Å². The van der Waals surface area contributed by atoms with Crippen molar-refractivity contribution < 1.29 is 22.7 Å². The van der Waals surface area contributed by atoms with Gasteiger partial charge in [-0.3, -0.25) is 0 Å². The Morgan fingerprint density at radius 2 is 2.00 bits per heavy atom. The van der Waals surface area contributed by atoms with Crippen LogP contribution in [0.25, 0.3) is 0 Å². The maximum atomic E-state index is 13.1. The van der Waals surface area contributed by atoms with Crippen molar-refractivity contribution in [2.45, 2.75) is 12.3 Å². The number of nitrogens with zero attached hydrogens (tertiary/aromatic N) is 2. The third kappa shape index (κ3) is 2.76. The molecular formula is C12H10F4N2O. The summed E-state index contributed by atoms with van der Waals surface area (Å²) in [6.07, 6.45) is -3.25. The molecule has 1 heterocycles. The fraction of sp³-hybridized carbons (Fsp3) is 0.250. The van der Waals surface area contributed by atoms with Gasteiger partial charge < -0.3 is 9.67 Å². The average molecular weight is 274 g/mol. The number of halogens is 4. The molecule has 0 radical (unpaired) electrons. The van der Waals surface area contributed by atoms with Gasteiger partial charge >= 0.3 is 6.18 Å². The average Bonchev–Trinajstić information content (AvgIpc) is 2.74. The van der Waals surface area contributed by atoms with Gasteiger partial charge in [-0.05, 0) is 17.7 Å². The Labute approximate surface area is 106 Å². The van der Waals surface area contributed by atoms with Gasteiger partial charge in [0.25, 0.3) is 0 Å². The zero-order valence-corrected chi connectivity index (χ0v) is 9.82. The van der Waals surface area contributed by atoms with Crippen molar-refractivity contribution in [3.8, 4) is 0 Å². The van der Waals surface area contributed by atoms with Crippen molar-refractivity contribution in [1.29, 1.82) is 0 Å². The first-order valence-corrected chi connectivity index (χ1v) is 5.31. The Balaban J connectivity index is 2.41. The standard InChI is InChI=1S/C12H10F4N2O/c1-18-5-10(17-6-18)11(19)7-2-3-9(13)8(4-7)12(14,15)16/h2-6,11,19H,1H3. The van der Waals surface area contributed by atoms with E-state index in [1.165, 1.54) is 12.5 Å². The first-order chi connectivity index (χ1) is 8.79. The monoisotopic (exact) mass is 274 g/mol. The second-order valence-corrected chi connectivity index (χ2v) is 4.10. The molecule has 1 atom stereocenters. The maximum absolute atomic E-state index is 13.1. The van der Waals surface area contributed by atoms with Crippen LogP contribution in [0.1, 0.15) is 22.9 Å². The second kappa shape index (κ2) is 4.65. The van der Waals surface area contributed by atoms with Crippen LogP contribution < -0.4 is 0 Å². The van der Waals surface area contributed by atoms with E-state index in [0.717, 1.165) is 6.07 Å². The first-order valence-electron chi connectivity index (χ1n) is 5.31. The summed E-state index contributed by atoms with van der Waals surface area (Å²) in [7, 11) is 1.66. The minimum atomic E-state index is -4.80. The number of benzene rings is 1. The molecule has 0 aliphatic rings. The van der Waals surface area contributed by atoms with E-state index < -0.39 is 23.7 Å². The highest BCUT2D eigenvalue weighted by atomic mass is 19.4. The SMILES string of the molecule is Cn1cnc(C(O)c2ccc(F)c(C(F)(F)F)c2)c1. The van der Waals surface area contributed by atoms with Gasteiger partial charge in [0.1, 0.15) is 11.9 Å². The minimum Gasteiger partial charge on any atom is -0.382 e. The quantitative estimate of drug-likeness (QED) is 0.855. The van der Waals surface area contributed by atoms with Gasteiger partial charge in [-0.15, -0.1) is 0 Å². The molecule has 19 heavy (non-hydrogen) atoms. The normalized spacial score (nSPS) is 13.6. The van der Waals surface area contributed by atoms with Crippen molar-refractivity contribution in [3.63, 3.8) is 0 Å². The molecule has 7 heteroatoms. The van der Waals surface area contributed by atoms with Crippen LogP contribution in [0.4, 0.5) is 17.6 Å². The van der Waals surface area contributed by atoms with Crippen molar-refractivity contribution in [3.05, 3.63) is 53.4 Å². The van der Waals surface area contributed by atoms with Crippen LogP contribution in [-0.4, -0.2) is 14.7 Å². The lowest BCUT2D eigenvalue weighted by molar-refractivity contribution is -0.140. The van der Waals surface area contributed by atoms with Crippen molar-refractivity contribution in [1.82, 2.24) is 9.55 Å². The molecule has 1 unspecified atom stereocenters. The number of hydrogen-bond donors (Lipinski definition) is 1. The molecule has 1 aromatic carbocycles. The minimum absolute atomic E-state index is 0.0626. The van der Waals surface area contributed by atoms with E-state index >= 15 is 0 Å². The van der Waals surface area contributed by atoms with E-state index in [4.69, 9.17) is 0 Å². The highest BCUT2D eigenvalue weighted by Gasteiger charge is 2.34. The predicted octanol–water partition coefficient (Wildman–Crippen LogP) is 2.66. The van der Waals surface area contributed by atoms with Crippen LogP contribution in [0.15, 0.2) is 30.7 Å². The fourth-order valence-electron chi connectivity index (χ4n) is 1.68. The number of aliphatic hydroxyl groups excluding tert-OH is 1. The van der Waals surface area contributed by atoms with E-state index in [1.807, 2.05) is 0 Å². The fourth-order valence-corrected chi connectivity index (χ4v) is 1.68. The van der Waals surface area contributed by atoms with Crippen LogP contribution in [0, 0.1) is 5.82 Å². The largest absolute Gasteiger partial charge is 0.419 e. The van der Waals surface area contributed by atoms with Gasteiger partial charge in [-0.2, -0.15) is 13.2 Å². The molecule has 0 amide bonds. The molecule has 0 aliphatic heterocycles. The smallest absolute Gasteiger partial charge is 0.382 e. The van der Waals surface area contributed by atoms with E-state index in [1.54, 1.807) is 11.6 Å². The Morgan fingerprint density at radius 3 is 2.53 bits per heavy atom. The molecule has 0 aliphatic carbocycles. The van der Waals surface area contributed by atoms with Crippen LogP contribution in [0.2, 0.25) is 0 Å². The number of alkyl halides is 3. The Bertz CT molecular complexity index is 592. The lowest BCUT2D eigenvalue weighted by Crippen LogP contribution is -2.10. The zero-order chi connectivity index (χ0) is 14.2. The summed E-state index contributed by atoms with van der Waals surface area (Å²) in [5.74, 6) is -1.37. The van der Waals surface area contributed by atoms with Gasteiger partial charge in [-0.1, -0.05) is 6.07 Å². The highest BCUT2D eigenvalue weighted by Crippen LogP contribution is 2.33. The third-order valence-corrected chi connectivity index (χ3v) is 2.62. The lowest BCUT2D eigenvalue weighted by atomic mass is 10.0. The molecule has 2 rings (SSSR count). The van der Waals surface area contributed by atoms with Gasteiger partial charge in [0.15, 0.2) is 0 Å². The van der Waals surface area contributed by atoms with Crippen LogP contribution in [0.5, 0.6) is 0 Å². The molecule has 0 saturated heterocycles. The van der Waals surface area contributed by atoms with Gasteiger partial charge in [0.2, 0.25) is 0 Å². The van der Waals surface area contributed by atoms with Crippen LogP contribution >= 0.6 is 0 Å². The number of hydrogen-bond acceptors (Lipinski definition) is 2. The lowest BCUT2D eigenvalue weighted by Gasteiger charge is -2.13. The van der Waals surface area contributed by atoms with Crippen molar-refractivity contribution in [2.24, 2.45) is 7.05 Å². The van der Waals surface area contributed by atoms with Crippen molar-refractivity contribution >= 4 is 0 Å². The van der Waals surface area contributed by atoms with E-state index in [0.29, 0.717) is 12.1 Å². The first kappa shape index (κ1) is 13.5. The summed E-state index contributed by atoms with van der Waals surface area (Å²) in [5, 5.41) is 9.92. The molecule has 0 fully saturated rings. The summed E-state index contributed by atoms with van der Waals surface area (Å²) < 4.78 is 52.3. The Morgan fingerprint density at radius 1 is 1.32 bits per heavy atom. The molecule has 2 aromatic rings. The molecule has 0 saturated carbocycles. The molecular weight excluding hydrogens is 264 g/mol. The van der Waals surface area contributed by atoms with E-state index in [9.17, 15) is 22.7 Å². The molecule has 102 valence electrons. The summed E-state index contributed by atoms with van der Waals surface area (Å²) in [4.78, 5) is 3.84. The number of aromatic nitrogens is 2. The zero-order valence-electron chi connectivity index (χ0n) is 9.82. The topological polar surface area (TPSA) is 38.0 Å². The summed E-state index contributed by atoms with van der Waals surface area (Å²) in [5.41, 5.74) is -1.27. The van der Waals surface area contributed by atoms with E-state index in [-0.39, 0.29) is 11.3 Å². The van der Waals surface area contributed by atoms with Crippen LogP contribution in [-0.2, 0) is 13.2 Å². The summed E-state index contributed by atoms with van der Waals surface area (Å²) >= 11 is 0. The summed E-state index contributed by atoms with van der Waals surface area (Å²) in [6, 6.07) is 2.38. The molecule has 0 spiro atoms. The predicted molar refractivity (Wildman–Crippen MR) is 58.7 cm³/mol. The molecule has 1 N–H and O–H groups in total. The Kier molecular flexibility index (Phi) is 3.32. The number of rotatable bonds is 2. The number of aryl methyl sites for hydroxylation is 1. The van der Waals surface area contributed by atoms with Crippen LogP contribution in [0.3, 0.4) is 0 Å². The number of imidazole rings is 1. The van der Waals surface area contributed by atoms with E-state index in [2.05, 4.69) is 4.98 Å². The van der Waals surface area contributed by atoms with Gasteiger partial charge in [0, 0.05) is 13.2 Å². The second-order valence-electron chi connectivity index (χ2n) is 4.10.